The number of hydrogen-bond donors (Lipinski definition) is 0. The molecule has 4 heterocycles. The number of thiophene rings is 1. The first kappa shape index (κ1) is 34.2. The molecule has 10 aromatic rings. The Hall–Kier alpha value is -7.35. The van der Waals surface area contributed by atoms with Crippen molar-refractivity contribution >= 4 is 59.2 Å². The Labute approximate surface area is 332 Å². The van der Waals surface area contributed by atoms with Crippen LogP contribution in [0, 0.1) is 0 Å². The van der Waals surface area contributed by atoms with Gasteiger partial charge in [-0.15, -0.1) is 11.3 Å². The van der Waals surface area contributed by atoms with Crippen LogP contribution in [0.15, 0.2) is 181 Å². The van der Waals surface area contributed by atoms with E-state index in [9.17, 15) is 0 Å². The Morgan fingerprint density at radius 1 is 0.579 bits per heavy atom. The van der Waals surface area contributed by atoms with Gasteiger partial charge in [-0.1, -0.05) is 146 Å². The van der Waals surface area contributed by atoms with Gasteiger partial charge < -0.3 is 4.42 Å². The molecule has 0 saturated heterocycles. The molecule has 0 radical (unpaired) electrons. The summed E-state index contributed by atoms with van der Waals surface area (Å²) in [7, 11) is 0. The first-order chi connectivity index (χ1) is 28.1. The van der Waals surface area contributed by atoms with Crippen LogP contribution in [0.1, 0.15) is 12.7 Å². The highest BCUT2D eigenvalue weighted by atomic mass is 32.1. The minimum atomic E-state index is 0.542. The lowest BCUT2D eigenvalue weighted by Crippen LogP contribution is -2.02. The van der Waals surface area contributed by atoms with Crippen LogP contribution in [0.25, 0.3) is 104 Å². The summed E-state index contributed by atoms with van der Waals surface area (Å²) in [6, 6.07) is 49.6. The summed E-state index contributed by atoms with van der Waals surface area (Å²) < 4.78 is 8.85. The SMILES string of the molecule is C=C/C(=C\C=C/C)c1nc(-c2ccccc2)nc(-c2cccc3oc4cc(-c5nc(-c6cccc(-c7ccccc7)c6)nc6c5sc5ccccc56)ccc4c23)n1. The van der Waals surface area contributed by atoms with Crippen molar-refractivity contribution in [3.63, 3.8) is 0 Å². The molecule has 0 fully saturated rings. The van der Waals surface area contributed by atoms with Crippen LogP contribution in [-0.4, -0.2) is 24.9 Å². The Morgan fingerprint density at radius 3 is 2.12 bits per heavy atom. The first-order valence-electron chi connectivity index (χ1n) is 18.7. The van der Waals surface area contributed by atoms with Gasteiger partial charge in [-0.2, -0.15) is 0 Å². The second kappa shape index (κ2) is 14.4. The molecule has 0 atom stereocenters. The number of allylic oxidation sites excluding steroid dienone is 5. The van der Waals surface area contributed by atoms with Crippen LogP contribution < -0.4 is 0 Å². The molecule has 0 amide bonds. The van der Waals surface area contributed by atoms with E-state index >= 15 is 0 Å². The van der Waals surface area contributed by atoms with Gasteiger partial charge in [0, 0.05) is 48.7 Å². The average molecular weight is 752 g/mol. The number of nitrogens with zero attached hydrogens (tertiary/aromatic N) is 5. The molecule has 6 nitrogen and oxygen atoms in total. The summed E-state index contributed by atoms with van der Waals surface area (Å²) in [4.78, 5) is 25.5. The number of fused-ring (bicyclic) bond motifs is 6. The van der Waals surface area contributed by atoms with E-state index in [1.54, 1.807) is 17.4 Å². The van der Waals surface area contributed by atoms with Gasteiger partial charge in [0.05, 0.1) is 15.9 Å². The van der Waals surface area contributed by atoms with Gasteiger partial charge in [0.2, 0.25) is 0 Å². The minimum Gasteiger partial charge on any atom is -0.456 e. The maximum Gasteiger partial charge on any atom is 0.164 e. The predicted octanol–water partition coefficient (Wildman–Crippen LogP) is 13.4. The summed E-state index contributed by atoms with van der Waals surface area (Å²) in [6.45, 7) is 6.03. The zero-order valence-corrected chi connectivity index (χ0v) is 31.7. The Morgan fingerprint density at radius 2 is 1.30 bits per heavy atom. The molecule has 0 aliphatic carbocycles. The molecule has 270 valence electrons. The largest absolute Gasteiger partial charge is 0.456 e. The Balaban J connectivity index is 1.15. The lowest BCUT2D eigenvalue weighted by Gasteiger charge is -2.10. The van der Waals surface area contributed by atoms with E-state index < -0.39 is 0 Å². The fourth-order valence-corrected chi connectivity index (χ4v) is 8.47. The molecule has 0 aliphatic heterocycles. The molecule has 7 heteroatoms. The third kappa shape index (κ3) is 6.20. The van der Waals surface area contributed by atoms with Gasteiger partial charge in [0.15, 0.2) is 23.3 Å². The molecule has 0 N–H and O–H groups in total. The summed E-state index contributed by atoms with van der Waals surface area (Å²) in [5.41, 5.74) is 9.99. The zero-order valence-electron chi connectivity index (χ0n) is 30.9. The molecular formula is C50H33N5OS. The first-order valence-corrected chi connectivity index (χ1v) is 19.6. The van der Waals surface area contributed by atoms with Gasteiger partial charge in [-0.25, -0.2) is 24.9 Å². The van der Waals surface area contributed by atoms with Crippen LogP contribution in [0.5, 0.6) is 0 Å². The van der Waals surface area contributed by atoms with E-state index in [0.717, 1.165) is 82.2 Å². The van der Waals surface area contributed by atoms with Crippen molar-refractivity contribution in [1.82, 2.24) is 24.9 Å². The van der Waals surface area contributed by atoms with Crippen LogP contribution in [0.2, 0.25) is 0 Å². The standard InChI is InChI=1S/C50H33N5OS/c1-3-5-16-31(4-2)47-53-48(33-19-10-7-11-20-33)55-50(54-47)39-24-15-25-40-43(39)37-28-27-35(30-41(37)56-40)44-46-45(38-23-12-13-26-42(38)57-46)52-49(51-44)36-22-14-21-34(29-36)32-17-8-6-9-18-32/h3-30H,2H2,1H3/b5-3-,31-16+. The molecule has 0 aliphatic rings. The van der Waals surface area contributed by atoms with E-state index in [2.05, 4.69) is 97.6 Å². The average Bonchev–Trinajstić information content (AvgIpc) is 3.85. The van der Waals surface area contributed by atoms with Crippen molar-refractivity contribution in [2.45, 2.75) is 6.92 Å². The second-order valence-corrected chi connectivity index (χ2v) is 14.7. The number of aromatic nitrogens is 5. The van der Waals surface area contributed by atoms with Crippen LogP contribution in [-0.2, 0) is 0 Å². The summed E-state index contributed by atoms with van der Waals surface area (Å²) in [5.74, 6) is 2.35. The number of hydrogen-bond acceptors (Lipinski definition) is 7. The Bertz CT molecular complexity index is 3220. The zero-order chi connectivity index (χ0) is 38.3. The maximum absolute atomic E-state index is 6.65. The van der Waals surface area contributed by atoms with Crippen molar-refractivity contribution in [3.05, 3.63) is 182 Å². The summed E-state index contributed by atoms with van der Waals surface area (Å²) >= 11 is 1.71. The van der Waals surface area contributed by atoms with Gasteiger partial charge in [0.1, 0.15) is 11.2 Å². The van der Waals surface area contributed by atoms with Crippen molar-refractivity contribution in [2.75, 3.05) is 0 Å². The number of benzene rings is 6. The van der Waals surface area contributed by atoms with E-state index in [1.165, 1.54) is 4.70 Å². The third-order valence-electron chi connectivity index (χ3n) is 10.1. The van der Waals surface area contributed by atoms with Gasteiger partial charge in [-0.3, -0.25) is 0 Å². The topological polar surface area (TPSA) is 77.6 Å². The van der Waals surface area contributed by atoms with Crippen LogP contribution in [0.4, 0.5) is 0 Å². The molecule has 6 aromatic carbocycles. The summed E-state index contributed by atoms with van der Waals surface area (Å²) in [6.07, 6.45) is 7.66. The normalized spacial score (nSPS) is 12.1. The summed E-state index contributed by atoms with van der Waals surface area (Å²) in [5, 5.41) is 3.00. The predicted molar refractivity (Wildman–Crippen MR) is 236 cm³/mol. The van der Waals surface area contributed by atoms with Crippen molar-refractivity contribution < 1.29 is 4.42 Å². The van der Waals surface area contributed by atoms with E-state index in [0.29, 0.717) is 23.3 Å². The molecule has 10 rings (SSSR count). The fourth-order valence-electron chi connectivity index (χ4n) is 7.32. The lowest BCUT2D eigenvalue weighted by atomic mass is 10.0. The molecular weight excluding hydrogens is 719 g/mol. The van der Waals surface area contributed by atoms with E-state index in [1.807, 2.05) is 79.7 Å². The van der Waals surface area contributed by atoms with Crippen LogP contribution >= 0.6 is 11.3 Å². The van der Waals surface area contributed by atoms with Gasteiger partial charge >= 0.3 is 0 Å². The molecule has 4 aromatic heterocycles. The molecule has 0 unspecified atom stereocenters. The van der Waals surface area contributed by atoms with Crippen molar-refractivity contribution in [1.29, 1.82) is 0 Å². The molecule has 0 bridgehead atoms. The smallest absolute Gasteiger partial charge is 0.164 e. The monoisotopic (exact) mass is 751 g/mol. The van der Waals surface area contributed by atoms with E-state index in [-0.39, 0.29) is 0 Å². The molecule has 0 saturated carbocycles. The highest BCUT2D eigenvalue weighted by molar-refractivity contribution is 7.26. The van der Waals surface area contributed by atoms with Crippen molar-refractivity contribution in [3.8, 4) is 56.5 Å². The van der Waals surface area contributed by atoms with E-state index in [4.69, 9.17) is 29.3 Å². The van der Waals surface area contributed by atoms with Gasteiger partial charge in [0.25, 0.3) is 0 Å². The molecule has 57 heavy (non-hydrogen) atoms. The minimum absolute atomic E-state index is 0.542. The Kier molecular flexibility index (Phi) is 8.62. The molecule has 0 spiro atoms. The maximum atomic E-state index is 6.65. The fraction of sp³-hybridized carbons (Fsp3) is 0.0200. The highest BCUT2D eigenvalue weighted by Crippen LogP contribution is 2.42. The number of furan rings is 1. The quantitative estimate of drug-likeness (QED) is 0.144. The second-order valence-electron chi connectivity index (χ2n) is 13.6. The van der Waals surface area contributed by atoms with Crippen LogP contribution in [0.3, 0.4) is 0 Å². The highest BCUT2D eigenvalue weighted by Gasteiger charge is 2.21. The third-order valence-corrected chi connectivity index (χ3v) is 11.2. The lowest BCUT2D eigenvalue weighted by molar-refractivity contribution is 0.669. The van der Waals surface area contributed by atoms with Gasteiger partial charge in [-0.05, 0) is 48.4 Å². The van der Waals surface area contributed by atoms with Crippen molar-refractivity contribution in [2.24, 2.45) is 0 Å². The number of rotatable bonds is 8.